The van der Waals surface area contributed by atoms with Crippen LogP contribution in [0.2, 0.25) is 0 Å². The van der Waals surface area contributed by atoms with Crippen LogP contribution in [-0.4, -0.2) is 6.08 Å². The van der Waals surface area contributed by atoms with E-state index >= 15 is 0 Å². The van der Waals surface area contributed by atoms with Gasteiger partial charge in [-0.15, -0.1) is 0 Å². The van der Waals surface area contributed by atoms with Crippen molar-refractivity contribution in [1.82, 2.24) is 0 Å². The first-order chi connectivity index (χ1) is 6.77. The van der Waals surface area contributed by atoms with Crippen LogP contribution in [0.15, 0.2) is 36.0 Å². The number of anilines is 1. The maximum atomic E-state index is 10.1. The number of rotatable bonds is 4. The minimum atomic E-state index is 0.567. The summed E-state index contributed by atoms with van der Waals surface area (Å²) in [6, 6.07) is 5.32. The standard InChI is InChI=1S/C10H10N2O2/c1-3-14-12-9-5-4-8(2)10(6-9)11-7-13/h3-6,12H,1H2,2H3. The molecule has 4 nitrogen and oxygen atoms in total. The summed E-state index contributed by atoms with van der Waals surface area (Å²) in [4.78, 5) is 18.4. The van der Waals surface area contributed by atoms with Gasteiger partial charge in [-0.05, 0) is 24.6 Å². The summed E-state index contributed by atoms with van der Waals surface area (Å²) in [5.41, 5.74) is 4.78. The molecule has 0 spiro atoms. The van der Waals surface area contributed by atoms with Gasteiger partial charge in [0.1, 0.15) is 6.26 Å². The fourth-order valence-electron chi connectivity index (χ4n) is 0.952. The molecule has 1 aromatic rings. The molecule has 14 heavy (non-hydrogen) atoms. The topological polar surface area (TPSA) is 50.7 Å². The quantitative estimate of drug-likeness (QED) is 0.343. The van der Waals surface area contributed by atoms with Crippen molar-refractivity contribution in [1.29, 1.82) is 0 Å². The molecule has 0 aliphatic heterocycles. The second-order valence-corrected chi connectivity index (χ2v) is 2.59. The Morgan fingerprint density at radius 3 is 3.07 bits per heavy atom. The largest absolute Gasteiger partial charge is 0.391 e. The highest BCUT2D eigenvalue weighted by Gasteiger charge is 1.98. The first kappa shape index (κ1) is 10.0. The maximum absolute atomic E-state index is 10.1. The molecule has 0 bridgehead atoms. The van der Waals surface area contributed by atoms with Crippen LogP contribution in [0, 0.1) is 6.92 Å². The predicted octanol–water partition coefficient (Wildman–Crippen LogP) is 2.45. The average molecular weight is 190 g/mol. The van der Waals surface area contributed by atoms with E-state index in [9.17, 15) is 4.79 Å². The molecular formula is C10H10N2O2. The van der Waals surface area contributed by atoms with Crippen molar-refractivity contribution in [2.45, 2.75) is 6.92 Å². The van der Waals surface area contributed by atoms with Gasteiger partial charge in [0.15, 0.2) is 0 Å². The zero-order valence-corrected chi connectivity index (χ0v) is 7.78. The highest BCUT2D eigenvalue weighted by molar-refractivity contribution is 5.60. The van der Waals surface area contributed by atoms with Gasteiger partial charge >= 0.3 is 0 Å². The van der Waals surface area contributed by atoms with Crippen LogP contribution in [0.4, 0.5) is 11.4 Å². The van der Waals surface area contributed by atoms with Crippen molar-refractivity contribution in [2.75, 3.05) is 5.48 Å². The number of hydrogen-bond donors (Lipinski definition) is 1. The lowest BCUT2D eigenvalue weighted by atomic mass is 10.2. The molecule has 1 aromatic carbocycles. The molecule has 0 unspecified atom stereocenters. The molecule has 1 N–H and O–H groups in total. The minimum absolute atomic E-state index is 0.567. The number of benzene rings is 1. The molecule has 0 fully saturated rings. The van der Waals surface area contributed by atoms with Crippen molar-refractivity contribution < 1.29 is 9.63 Å². The first-order valence-electron chi connectivity index (χ1n) is 3.99. The molecule has 0 heterocycles. The molecule has 1 rings (SSSR count). The highest BCUT2D eigenvalue weighted by Crippen LogP contribution is 2.22. The third-order valence-corrected chi connectivity index (χ3v) is 1.64. The monoisotopic (exact) mass is 190 g/mol. The zero-order valence-electron chi connectivity index (χ0n) is 7.78. The summed E-state index contributed by atoms with van der Waals surface area (Å²) >= 11 is 0. The van der Waals surface area contributed by atoms with Crippen molar-refractivity contribution in [3.63, 3.8) is 0 Å². The van der Waals surface area contributed by atoms with Gasteiger partial charge in [-0.25, -0.2) is 10.3 Å². The summed E-state index contributed by atoms with van der Waals surface area (Å²) in [6.45, 7) is 5.24. The molecule has 72 valence electrons. The third-order valence-electron chi connectivity index (χ3n) is 1.64. The lowest BCUT2D eigenvalue weighted by Crippen LogP contribution is -1.94. The zero-order chi connectivity index (χ0) is 10.4. The van der Waals surface area contributed by atoms with E-state index in [2.05, 4.69) is 17.1 Å². The van der Waals surface area contributed by atoms with Crippen molar-refractivity contribution >= 4 is 17.5 Å². The number of aryl methyl sites for hydroxylation is 1. The van der Waals surface area contributed by atoms with Crippen LogP contribution in [0.5, 0.6) is 0 Å². The molecule has 0 amide bonds. The molecule has 0 saturated carbocycles. The van der Waals surface area contributed by atoms with E-state index in [1.54, 1.807) is 6.07 Å². The minimum Gasteiger partial charge on any atom is -0.391 e. The summed E-state index contributed by atoms with van der Waals surface area (Å²) in [5, 5.41) is 0. The summed E-state index contributed by atoms with van der Waals surface area (Å²) in [7, 11) is 0. The molecule has 0 saturated heterocycles. The molecule has 0 aromatic heterocycles. The van der Waals surface area contributed by atoms with E-state index in [1.807, 2.05) is 19.1 Å². The van der Waals surface area contributed by atoms with Crippen LogP contribution >= 0.6 is 0 Å². The van der Waals surface area contributed by atoms with Crippen LogP contribution in [-0.2, 0) is 9.63 Å². The fraction of sp³-hybridized carbons (Fsp3) is 0.100. The molecular weight excluding hydrogens is 180 g/mol. The van der Waals surface area contributed by atoms with E-state index in [-0.39, 0.29) is 0 Å². The van der Waals surface area contributed by atoms with Crippen LogP contribution in [0.25, 0.3) is 0 Å². The first-order valence-corrected chi connectivity index (χ1v) is 3.99. The number of carbonyl (C=O) groups excluding carboxylic acids is 1. The van der Waals surface area contributed by atoms with E-state index in [4.69, 9.17) is 4.84 Å². The van der Waals surface area contributed by atoms with E-state index < -0.39 is 0 Å². The van der Waals surface area contributed by atoms with Gasteiger partial charge < -0.3 is 4.84 Å². The molecule has 0 aliphatic carbocycles. The van der Waals surface area contributed by atoms with Crippen molar-refractivity contribution in [3.8, 4) is 0 Å². The second-order valence-electron chi connectivity index (χ2n) is 2.59. The third kappa shape index (κ3) is 2.47. The van der Waals surface area contributed by atoms with Gasteiger partial charge in [0.2, 0.25) is 6.08 Å². The van der Waals surface area contributed by atoms with Gasteiger partial charge in [0.25, 0.3) is 0 Å². The number of nitrogens with one attached hydrogen (secondary N) is 1. The molecule has 0 radical (unpaired) electrons. The number of isocyanates is 1. The molecule has 4 heteroatoms. The normalized spacial score (nSPS) is 8.64. The van der Waals surface area contributed by atoms with Gasteiger partial charge in [-0.2, -0.15) is 4.99 Å². The van der Waals surface area contributed by atoms with Crippen LogP contribution in [0.3, 0.4) is 0 Å². The average Bonchev–Trinajstić information content (AvgIpc) is 2.19. The van der Waals surface area contributed by atoms with Crippen LogP contribution < -0.4 is 5.48 Å². The van der Waals surface area contributed by atoms with Gasteiger partial charge in [-0.3, -0.25) is 0 Å². The maximum Gasteiger partial charge on any atom is 0.240 e. The Hall–Kier alpha value is -2.06. The Morgan fingerprint density at radius 2 is 2.43 bits per heavy atom. The number of aliphatic imine (C=N–C) groups is 1. The number of hydrogen-bond acceptors (Lipinski definition) is 4. The van der Waals surface area contributed by atoms with Crippen LogP contribution in [0.1, 0.15) is 5.56 Å². The lowest BCUT2D eigenvalue weighted by Gasteiger charge is -2.05. The number of nitrogens with zero attached hydrogens (tertiary/aromatic N) is 1. The van der Waals surface area contributed by atoms with E-state index in [1.165, 1.54) is 12.3 Å². The lowest BCUT2D eigenvalue weighted by molar-refractivity contribution is 0.331. The highest BCUT2D eigenvalue weighted by atomic mass is 16.6. The summed E-state index contributed by atoms with van der Waals surface area (Å²) < 4.78 is 0. The molecule has 0 atom stereocenters. The Morgan fingerprint density at radius 1 is 1.64 bits per heavy atom. The van der Waals surface area contributed by atoms with E-state index in [0.29, 0.717) is 11.4 Å². The van der Waals surface area contributed by atoms with Crippen molar-refractivity contribution in [2.24, 2.45) is 4.99 Å². The summed E-state index contributed by atoms with van der Waals surface area (Å²) in [5.74, 6) is 0. The predicted molar refractivity (Wildman–Crippen MR) is 53.9 cm³/mol. The van der Waals surface area contributed by atoms with Gasteiger partial charge in [0, 0.05) is 0 Å². The Kier molecular flexibility index (Phi) is 3.47. The molecule has 0 aliphatic rings. The summed E-state index contributed by atoms with van der Waals surface area (Å²) in [6.07, 6.45) is 2.76. The van der Waals surface area contributed by atoms with Crippen molar-refractivity contribution in [3.05, 3.63) is 36.6 Å². The smallest absolute Gasteiger partial charge is 0.240 e. The Bertz CT molecular complexity index is 382. The van der Waals surface area contributed by atoms with Gasteiger partial charge in [0.05, 0.1) is 11.4 Å². The Labute approximate surface area is 81.9 Å². The Balaban J connectivity index is 2.93. The second kappa shape index (κ2) is 4.84. The van der Waals surface area contributed by atoms with Gasteiger partial charge in [-0.1, -0.05) is 12.6 Å². The van der Waals surface area contributed by atoms with E-state index in [0.717, 1.165) is 5.56 Å². The fourth-order valence-corrected chi connectivity index (χ4v) is 0.952. The SMILES string of the molecule is C=CONc1ccc(C)c(N=C=O)c1.